The van der Waals surface area contributed by atoms with Crippen LogP contribution in [0, 0.1) is 6.92 Å². The minimum atomic E-state index is -0.668. The Morgan fingerprint density at radius 1 is 1.28 bits per heavy atom. The summed E-state index contributed by atoms with van der Waals surface area (Å²) in [5.41, 5.74) is 2.23. The molecule has 0 spiro atoms. The summed E-state index contributed by atoms with van der Waals surface area (Å²) in [6.07, 6.45) is 1.52. The molecule has 1 aromatic carbocycles. The lowest BCUT2D eigenvalue weighted by Gasteiger charge is -2.33. The molecule has 154 valence electrons. The fourth-order valence-corrected chi connectivity index (χ4v) is 3.39. The van der Waals surface area contributed by atoms with E-state index in [1.165, 1.54) is 6.20 Å². The summed E-state index contributed by atoms with van der Waals surface area (Å²) < 4.78 is 5.97. The summed E-state index contributed by atoms with van der Waals surface area (Å²) in [6, 6.07) is 10.4. The zero-order valence-electron chi connectivity index (χ0n) is 17.4. The number of aromatic nitrogens is 1. The van der Waals surface area contributed by atoms with Crippen LogP contribution in [0.5, 0.6) is 5.75 Å². The van der Waals surface area contributed by atoms with Crippen molar-refractivity contribution >= 4 is 11.8 Å². The summed E-state index contributed by atoms with van der Waals surface area (Å²) in [5.74, 6) is 0.355. The van der Waals surface area contributed by atoms with Gasteiger partial charge in [-0.05, 0) is 46.1 Å². The van der Waals surface area contributed by atoms with E-state index in [1.54, 1.807) is 19.1 Å². The van der Waals surface area contributed by atoms with E-state index in [9.17, 15) is 9.59 Å². The highest BCUT2D eigenvalue weighted by Crippen LogP contribution is 2.25. The predicted molar refractivity (Wildman–Crippen MR) is 111 cm³/mol. The van der Waals surface area contributed by atoms with E-state index in [4.69, 9.17) is 4.74 Å². The van der Waals surface area contributed by atoms with E-state index in [1.807, 2.05) is 55.1 Å². The number of aryl methyl sites for hydroxylation is 1. The van der Waals surface area contributed by atoms with Crippen molar-refractivity contribution < 1.29 is 14.3 Å². The zero-order valence-corrected chi connectivity index (χ0v) is 17.4. The fraction of sp³-hybridized carbons (Fsp3) is 0.409. The lowest BCUT2D eigenvalue weighted by atomic mass is 10.1. The van der Waals surface area contributed by atoms with Gasteiger partial charge in [0.25, 0.3) is 5.91 Å². The second kappa shape index (κ2) is 9.05. The normalized spacial score (nSPS) is 17.1. The summed E-state index contributed by atoms with van der Waals surface area (Å²) in [4.78, 5) is 33.8. The third kappa shape index (κ3) is 5.12. The topological polar surface area (TPSA) is 74.8 Å². The number of carbonyl (C=O) groups excluding carboxylic acids is 2. The molecule has 7 heteroatoms. The molecule has 2 heterocycles. The Balaban J connectivity index is 1.77. The molecule has 0 fully saturated rings. The van der Waals surface area contributed by atoms with Crippen LogP contribution in [-0.4, -0.2) is 65.9 Å². The van der Waals surface area contributed by atoms with E-state index < -0.39 is 6.04 Å². The number of nitrogens with one attached hydrogen (secondary N) is 1. The van der Waals surface area contributed by atoms with Gasteiger partial charge in [0.1, 0.15) is 18.4 Å². The van der Waals surface area contributed by atoms with Crippen LogP contribution in [0.2, 0.25) is 0 Å². The molecule has 7 nitrogen and oxygen atoms in total. The van der Waals surface area contributed by atoms with Crippen molar-refractivity contribution in [3.05, 3.63) is 59.4 Å². The van der Waals surface area contributed by atoms with Gasteiger partial charge in [-0.3, -0.25) is 14.6 Å². The zero-order chi connectivity index (χ0) is 21.0. The van der Waals surface area contributed by atoms with Crippen molar-refractivity contribution in [3.8, 4) is 5.75 Å². The van der Waals surface area contributed by atoms with Crippen LogP contribution in [0.3, 0.4) is 0 Å². The van der Waals surface area contributed by atoms with E-state index in [-0.39, 0.29) is 17.9 Å². The lowest BCUT2D eigenvalue weighted by molar-refractivity contribution is -0.136. The van der Waals surface area contributed by atoms with Gasteiger partial charge in [-0.15, -0.1) is 0 Å². The van der Waals surface area contributed by atoms with Crippen LogP contribution >= 0.6 is 0 Å². The van der Waals surface area contributed by atoms with Gasteiger partial charge in [-0.1, -0.05) is 18.2 Å². The number of hydrogen-bond donors (Lipinski definition) is 1. The van der Waals surface area contributed by atoms with Gasteiger partial charge >= 0.3 is 0 Å². The number of pyridine rings is 1. The first-order valence-corrected chi connectivity index (χ1v) is 9.74. The molecule has 1 aromatic heterocycles. The lowest BCUT2D eigenvalue weighted by Crippen LogP contribution is -2.53. The van der Waals surface area contributed by atoms with Crippen LogP contribution in [0.15, 0.2) is 42.6 Å². The fourth-order valence-electron chi connectivity index (χ4n) is 3.39. The first-order chi connectivity index (χ1) is 13.8. The number of amides is 2. The van der Waals surface area contributed by atoms with Crippen LogP contribution in [0.25, 0.3) is 0 Å². The maximum Gasteiger partial charge on any atom is 0.253 e. The number of benzene rings is 1. The number of fused-ring (bicyclic) bond motifs is 1. The molecular weight excluding hydrogens is 368 g/mol. The van der Waals surface area contributed by atoms with Gasteiger partial charge in [-0.2, -0.15) is 0 Å². The molecule has 0 aliphatic carbocycles. The molecule has 1 aliphatic heterocycles. The van der Waals surface area contributed by atoms with Crippen LogP contribution in [-0.2, 0) is 11.3 Å². The van der Waals surface area contributed by atoms with E-state index in [0.717, 1.165) is 17.0 Å². The van der Waals surface area contributed by atoms with Crippen molar-refractivity contribution in [2.45, 2.75) is 32.5 Å². The molecule has 3 rings (SSSR count). The van der Waals surface area contributed by atoms with Crippen molar-refractivity contribution in [2.75, 3.05) is 27.2 Å². The number of carbonyl (C=O) groups is 2. The molecule has 0 radical (unpaired) electrons. The third-order valence-electron chi connectivity index (χ3n) is 4.94. The van der Waals surface area contributed by atoms with E-state index >= 15 is 0 Å². The molecule has 2 amide bonds. The monoisotopic (exact) mass is 396 g/mol. The largest absolute Gasteiger partial charge is 0.491 e. The first-order valence-electron chi connectivity index (χ1n) is 9.74. The van der Waals surface area contributed by atoms with E-state index in [0.29, 0.717) is 25.3 Å². The van der Waals surface area contributed by atoms with E-state index in [2.05, 4.69) is 10.3 Å². The molecule has 0 bridgehead atoms. The molecular formula is C22H28N4O3. The van der Waals surface area contributed by atoms with Crippen molar-refractivity contribution in [1.29, 1.82) is 0 Å². The molecule has 0 saturated heterocycles. The number of nitrogens with zero attached hydrogens (tertiary/aromatic N) is 3. The highest BCUT2D eigenvalue weighted by Gasteiger charge is 2.32. The summed E-state index contributed by atoms with van der Waals surface area (Å²) in [6.45, 7) is 5.09. The van der Waals surface area contributed by atoms with Gasteiger partial charge in [-0.25, -0.2) is 0 Å². The highest BCUT2D eigenvalue weighted by atomic mass is 16.5. The summed E-state index contributed by atoms with van der Waals surface area (Å²) in [5, 5.41) is 2.81. The number of likely N-dealkylation sites (N-methyl/N-ethyl adjacent to an activating group) is 1. The Bertz CT molecular complexity index is 867. The predicted octanol–water partition coefficient (Wildman–Crippen LogP) is 1.86. The average Bonchev–Trinajstić information content (AvgIpc) is 2.87. The molecule has 1 N–H and O–H groups in total. The molecule has 2 atom stereocenters. The average molecular weight is 396 g/mol. The number of hydrogen-bond acceptors (Lipinski definition) is 5. The molecule has 1 aliphatic rings. The van der Waals surface area contributed by atoms with Crippen molar-refractivity contribution in [2.24, 2.45) is 0 Å². The Morgan fingerprint density at radius 2 is 2.03 bits per heavy atom. The van der Waals surface area contributed by atoms with Crippen molar-refractivity contribution in [1.82, 2.24) is 20.1 Å². The number of rotatable bonds is 5. The Kier molecular flexibility index (Phi) is 6.49. The Labute approximate surface area is 171 Å². The highest BCUT2D eigenvalue weighted by molar-refractivity contribution is 5.97. The molecule has 2 aromatic rings. The second-order valence-electron chi connectivity index (χ2n) is 7.68. The van der Waals surface area contributed by atoms with Gasteiger partial charge in [0.2, 0.25) is 5.91 Å². The SMILES string of the molecule is Cc1ccc(C(=O)NC(C)C(=O)N2Cc3ccccc3OCC2CN(C)C)cn1. The third-order valence-corrected chi connectivity index (χ3v) is 4.94. The van der Waals surface area contributed by atoms with Gasteiger partial charge in [0.05, 0.1) is 11.6 Å². The standard InChI is InChI=1S/C22H28N4O3/c1-15-9-10-17(11-23-15)21(27)24-16(2)22(28)26-12-18-7-5-6-8-20(18)29-14-19(26)13-25(3)4/h5-11,16,19H,12-14H2,1-4H3,(H,24,27). The summed E-state index contributed by atoms with van der Waals surface area (Å²) >= 11 is 0. The minimum absolute atomic E-state index is 0.120. The van der Waals surface area contributed by atoms with Gasteiger partial charge < -0.3 is 19.9 Å². The van der Waals surface area contributed by atoms with Gasteiger partial charge in [0, 0.05) is 30.5 Å². The smallest absolute Gasteiger partial charge is 0.253 e. The first kappa shape index (κ1) is 20.8. The minimum Gasteiger partial charge on any atom is -0.491 e. The maximum atomic E-state index is 13.3. The van der Waals surface area contributed by atoms with Crippen LogP contribution in [0.4, 0.5) is 0 Å². The molecule has 29 heavy (non-hydrogen) atoms. The second-order valence-corrected chi connectivity index (χ2v) is 7.68. The maximum absolute atomic E-state index is 13.3. The molecule has 0 saturated carbocycles. The number of para-hydroxylation sites is 1. The Hall–Kier alpha value is -2.93. The summed E-state index contributed by atoms with van der Waals surface area (Å²) in [7, 11) is 3.94. The van der Waals surface area contributed by atoms with Gasteiger partial charge in [0.15, 0.2) is 0 Å². The molecule has 2 unspecified atom stereocenters. The Morgan fingerprint density at radius 3 is 2.72 bits per heavy atom. The van der Waals surface area contributed by atoms with Crippen LogP contribution < -0.4 is 10.1 Å². The van der Waals surface area contributed by atoms with Crippen LogP contribution in [0.1, 0.15) is 28.5 Å². The number of ether oxygens (including phenoxy) is 1. The van der Waals surface area contributed by atoms with Crippen molar-refractivity contribution in [3.63, 3.8) is 0 Å². The quantitative estimate of drug-likeness (QED) is 0.835.